The zero-order valence-electron chi connectivity index (χ0n) is 12.8. The number of aromatic nitrogens is 1. The lowest BCUT2D eigenvalue weighted by molar-refractivity contribution is 0.860. The molecule has 0 amide bonds. The van der Waals surface area contributed by atoms with Gasteiger partial charge in [-0.05, 0) is 49.9 Å². The van der Waals surface area contributed by atoms with E-state index in [4.69, 9.17) is 0 Å². The number of amidine groups is 1. The Bertz CT molecular complexity index is 605. The molecule has 1 aromatic carbocycles. The second-order valence-electron chi connectivity index (χ2n) is 4.77. The minimum absolute atomic E-state index is 0.824. The Kier molecular flexibility index (Phi) is 5.22. The first-order valence-corrected chi connectivity index (χ1v) is 7.94. The van der Waals surface area contributed by atoms with Crippen LogP contribution >= 0.6 is 11.8 Å². The number of pyridine rings is 1. The van der Waals surface area contributed by atoms with Crippen molar-refractivity contribution in [3.05, 3.63) is 53.7 Å². The Hall–Kier alpha value is -2.01. The number of thioether (sulfide) groups is 1. The molecule has 21 heavy (non-hydrogen) atoms. The van der Waals surface area contributed by atoms with Crippen molar-refractivity contribution in [2.45, 2.75) is 13.8 Å². The van der Waals surface area contributed by atoms with Crippen molar-refractivity contribution in [2.24, 2.45) is 4.99 Å². The number of rotatable bonds is 3. The summed E-state index contributed by atoms with van der Waals surface area (Å²) in [6.07, 6.45) is 2.00. The predicted octanol–water partition coefficient (Wildman–Crippen LogP) is 3.69. The molecule has 0 bridgehead atoms. The molecule has 0 unspecified atom stereocenters. The normalized spacial score (nSPS) is 11.3. The van der Waals surface area contributed by atoms with Crippen LogP contribution in [0.25, 0.3) is 0 Å². The number of hydrogen-bond donors (Lipinski definition) is 1. The third kappa shape index (κ3) is 4.49. The summed E-state index contributed by atoms with van der Waals surface area (Å²) in [5, 5.41) is 2.71. The van der Waals surface area contributed by atoms with E-state index < -0.39 is 0 Å². The molecular weight excluding hydrogens is 280 g/mol. The van der Waals surface area contributed by atoms with Gasteiger partial charge in [-0.15, -0.1) is 0 Å². The summed E-state index contributed by atoms with van der Waals surface area (Å²) in [6.45, 7) is 4.07. The van der Waals surface area contributed by atoms with Gasteiger partial charge in [-0.3, -0.25) is 10.4 Å². The van der Waals surface area contributed by atoms with E-state index >= 15 is 0 Å². The zero-order valence-corrected chi connectivity index (χ0v) is 13.6. The van der Waals surface area contributed by atoms with Crippen LogP contribution in [0.2, 0.25) is 0 Å². The zero-order chi connectivity index (χ0) is 15.2. The Morgan fingerprint density at radius 1 is 1.19 bits per heavy atom. The Labute approximate surface area is 130 Å². The number of benzene rings is 1. The van der Waals surface area contributed by atoms with Crippen LogP contribution in [0.3, 0.4) is 0 Å². The van der Waals surface area contributed by atoms with Crippen molar-refractivity contribution in [3.63, 3.8) is 0 Å². The predicted molar refractivity (Wildman–Crippen MR) is 92.3 cm³/mol. The smallest absolute Gasteiger partial charge is 0.180 e. The molecule has 0 saturated carbocycles. The van der Waals surface area contributed by atoms with Gasteiger partial charge in [0, 0.05) is 12.7 Å². The van der Waals surface area contributed by atoms with E-state index in [1.165, 1.54) is 5.56 Å². The van der Waals surface area contributed by atoms with E-state index in [-0.39, 0.29) is 0 Å². The van der Waals surface area contributed by atoms with E-state index in [9.17, 15) is 0 Å². The average Bonchev–Trinajstić information content (AvgIpc) is 2.46. The van der Waals surface area contributed by atoms with Crippen LogP contribution in [-0.2, 0) is 0 Å². The molecule has 110 valence electrons. The Morgan fingerprint density at radius 3 is 2.52 bits per heavy atom. The number of para-hydroxylation sites is 1. The van der Waals surface area contributed by atoms with Crippen LogP contribution in [0.15, 0.2) is 47.5 Å². The lowest BCUT2D eigenvalue weighted by Crippen LogP contribution is -2.38. The molecule has 0 spiro atoms. The van der Waals surface area contributed by atoms with Gasteiger partial charge in [0.25, 0.3) is 0 Å². The number of hydrogen-bond acceptors (Lipinski definition) is 4. The summed E-state index contributed by atoms with van der Waals surface area (Å²) >= 11 is 1.57. The van der Waals surface area contributed by atoms with Gasteiger partial charge >= 0.3 is 0 Å². The molecule has 0 radical (unpaired) electrons. The van der Waals surface area contributed by atoms with Crippen molar-refractivity contribution in [2.75, 3.05) is 18.3 Å². The van der Waals surface area contributed by atoms with Crippen LogP contribution in [0.1, 0.15) is 11.3 Å². The van der Waals surface area contributed by atoms with Crippen molar-refractivity contribution in [3.8, 4) is 0 Å². The van der Waals surface area contributed by atoms with Gasteiger partial charge in [0.15, 0.2) is 5.17 Å². The Balaban J connectivity index is 2.16. The summed E-state index contributed by atoms with van der Waals surface area (Å²) < 4.78 is 0. The maximum absolute atomic E-state index is 4.59. The highest BCUT2D eigenvalue weighted by Gasteiger charge is 2.06. The molecule has 2 aromatic rings. The quantitative estimate of drug-likeness (QED) is 0.533. The first-order chi connectivity index (χ1) is 10.1. The van der Waals surface area contributed by atoms with Gasteiger partial charge in [-0.2, -0.15) is 0 Å². The highest BCUT2D eigenvalue weighted by atomic mass is 32.2. The summed E-state index contributed by atoms with van der Waals surface area (Å²) in [6, 6.07) is 14.0. The third-order valence-electron chi connectivity index (χ3n) is 2.87. The van der Waals surface area contributed by atoms with Crippen LogP contribution in [0.4, 0.5) is 11.5 Å². The van der Waals surface area contributed by atoms with Crippen molar-refractivity contribution in [1.82, 2.24) is 10.4 Å². The minimum atomic E-state index is 0.824. The van der Waals surface area contributed by atoms with E-state index in [1.54, 1.807) is 11.8 Å². The first-order valence-electron chi connectivity index (χ1n) is 6.72. The number of anilines is 1. The maximum atomic E-state index is 4.59. The second-order valence-corrected chi connectivity index (χ2v) is 5.57. The molecule has 0 saturated heterocycles. The standard InChI is InChI=1S/C16H20N4S/c1-12-10-13(2)17-15(11-12)20(3)19-16(21-4)18-14-8-6-5-7-9-14/h5-11H,1-4H3,(H,18,19). The fourth-order valence-electron chi connectivity index (χ4n) is 1.93. The summed E-state index contributed by atoms with van der Waals surface area (Å²) in [5.41, 5.74) is 6.39. The van der Waals surface area contributed by atoms with Gasteiger partial charge in [-0.25, -0.2) is 9.98 Å². The van der Waals surface area contributed by atoms with Crippen molar-refractivity contribution in [1.29, 1.82) is 0 Å². The molecule has 0 aliphatic heterocycles. The van der Waals surface area contributed by atoms with Gasteiger partial charge in [-0.1, -0.05) is 30.0 Å². The van der Waals surface area contributed by atoms with E-state index in [0.717, 1.165) is 22.4 Å². The van der Waals surface area contributed by atoms with Gasteiger partial charge in [0.05, 0.1) is 5.69 Å². The molecule has 4 nitrogen and oxygen atoms in total. The lowest BCUT2D eigenvalue weighted by Gasteiger charge is -2.21. The molecule has 1 aromatic heterocycles. The molecule has 0 aliphatic rings. The van der Waals surface area contributed by atoms with Crippen LogP contribution < -0.4 is 10.4 Å². The largest absolute Gasteiger partial charge is 0.275 e. The van der Waals surface area contributed by atoms with Gasteiger partial charge < -0.3 is 0 Å². The molecule has 0 atom stereocenters. The fraction of sp³-hybridized carbons (Fsp3) is 0.250. The van der Waals surface area contributed by atoms with Crippen molar-refractivity contribution < 1.29 is 0 Å². The molecular formula is C16H20N4S. The summed E-state index contributed by atoms with van der Waals surface area (Å²) in [4.78, 5) is 9.11. The molecule has 1 N–H and O–H groups in total. The third-order valence-corrected chi connectivity index (χ3v) is 3.44. The number of aliphatic imine (C=N–C) groups is 1. The Morgan fingerprint density at radius 2 is 1.90 bits per heavy atom. The molecule has 0 aliphatic carbocycles. The lowest BCUT2D eigenvalue weighted by atomic mass is 10.2. The number of aryl methyl sites for hydroxylation is 2. The molecule has 0 fully saturated rings. The van der Waals surface area contributed by atoms with Crippen LogP contribution in [0, 0.1) is 13.8 Å². The highest BCUT2D eigenvalue weighted by molar-refractivity contribution is 8.13. The topological polar surface area (TPSA) is 40.5 Å². The van der Waals surface area contributed by atoms with Crippen LogP contribution in [-0.4, -0.2) is 23.5 Å². The highest BCUT2D eigenvalue weighted by Crippen LogP contribution is 2.15. The van der Waals surface area contributed by atoms with E-state index in [0.29, 0.717) is 0 Å². The average molecular weight is 300 g/mol. The fourth-order valence-corrected chi connectivity index (χ4v) is 2.35. The maximum Gasteiger partial charge on any atom is 0.180 e. The number of hydrazine groups is 1. The second kappa shape index (κ2) is 7.13. The molecule has 2 rings (SSSR count). The van der Waals surface area contributed by atoms with E-state index in [2.05, 4.69) is 28.4 Å². The van der Waals surface area contributed by atoms with Crippen LogP contribution in [0.5, 0.6) is 0 Å². The van der Waals surface area contributed by atoms with E-state index in [1.807, 2.05) is 61.6 Å². The van der Waals surface area contributed by atoms with Crippen molar-refractivity contribution >= 4 is 28.4 Å². The SMILES string of the molecule is CSC(=Nc1ccccc1)NN(C)c1cc(C)cc(C)n1. The number of nitrogens with zero attached hydrogens (tertiary/aromatic N) is 3. The van der Waals surface area contributed by atoms with Gasteiger partial charge in [0.1, 0.15) is 5.82 Å². The summed E-state index contributed by atoms with van der Waals surface area (Å²) in [5.74, 6) is 0.877. The molecule has 1 heterocycles. The monoisotopic (exact) mass is 300 g/mol. The summed E-state index contributed by atoms with van der Waals surface area (Å²) in [7, 11) is 1.94. The van der Waals surface area contributed by atoms with Gasteiger partial charge in [0.2, 0.25) is 0 Å². The minimum Gasteiger partial charge on any atom is -0.275 e. The molecule has 5 heteroatoms. The number of nitrogens with one attached hydrogen (secondary N) is 1. The first kappa shape index (κ1) is 15.4.